The summed E-state index contributed by atoms with van der Waals surface area (Å²) < 4.78 is 74.0. The predicted molar refractivity (Wildman–Crippen MR) is 236 cm³/mol. The summed E-state index contributed by atoms with van der Waals surface area (Å²) in [6.07, 6.45) is 17.5. The van der Waals surface area contributed by atoms with Crippen molar-refractivity contribution in [2.75, 3.05) is 23.7 Å². The molecule has 4 aliphatic rings. The summed E-state index contributed by atoms with van der Waals surface area (Å²) in [5, 5.41) is 9.47. The van der Waals surface area contributed by atoms with E-state index in [0.717, 1.165) is 40.5 Å². The van der Waals surface area contributed by atoms with Crippen molar-refractivity contribution in [2.45, 2.75) is 96.4 Å². The fourth-order valence-electron chi connectivity index (χ4n) is 8.70. The van der Waals surface area contributed by atoms with E-state index in [9.17, 15) is 35.8 Å². The maximum Gasteiger partial charge on any atom is 0.303 e. The van der Waals surface area contributed by atoms with Crippen LogP contribution in [0, 0.1) is 5.41 Å². The molecular formula is C47H56N2O9S2. The average molecular weight is 857 g/mol. The molecule has 0 radical (unpaired) electrons. The van der Waals surface area contributed by atoms with Crippen LogP contribution in [0.15, 0.2) is 142 Å². The van der Waals surface area contributed by atoms with E-state index in [4.69, 9.17) is 4.74 Å². The Morgan fingerprint density at radius 1 is 0.933 bits per heavy atom. The van der Waals surface area contributed by atoms with Crippen LogP contribution in [-0.4, -0.2) is 66.3 Å². The normalized spacial score (nSPS) is 21.2. The topological polar surface area (TPSA) is 162 Å². The zero-order valence-corrected chi connectivity index (χ0v) is 37.0. The van der Waals surface area contributed by atoms with Gasteiger partial charge >= 0.3 is 5.97 Å². The molecule has 13 heteroatoms. The van der Waals surface area contributed by atoms with Gasteiger partial charge in [0.2, 0.25) is 0 Å². The standard InChI is InChI=1S/C47H56N2O9S2/c1-8-49-40-30-41-35(29-36(40)37(31-46(49,5)6)32-17-11-9-12-18-32)33(27-43(58-41)45(2,3)4)19-13-10-14-20-42-47(7,24-15-21-44(50)51)38-28-34(60(55,56)57)22-23-39(38)48(42)25-16-26-59(52,53)54/h9-14,17-20,22-23,27-28,30-31H,8,15-16,21,24-26,29H2,1-7H3,(H,50,51)(H,52,53,54)(H,55,56,57). The Bertz CT molecular complexity index is 2530. The molecule has 0 aromatic heterocycles. The molecule has 3 heterocycles. The Balaban J connectivity index is 1.41. The molecule has 0 spiro atoms. The van der Waals surface area contributed by atoms with Crippen molar-refractivity contribution in [3.63, 3.8) is 0 Å². The molecule has 320 valence electrons. The van der Waals surface area contributed by atoms with E-state index in [2.05, 4.69) is 95.0 Å². The maximum atomic E-state index is 12.2. The molecule has 1 atom stereocenters. The summed E-state index contributed by atoms with van der Waals surface area (Å²) in [6, 6.07) is 14.7. The van der Waals surface area contributed by atoms with Crippen LogP contribution in [0.2, 0.25) is 0 Å². The Hall–Kier alpha value is -4.95. The van der Waals surface area contributed by atoms with E-state index >= 15 is 0 Å². The zero-order chi connectivity index (χ0) is 43.8. The predicted octanol–water partition coefficient (Wildman–Crippen LogP) is 9.54. The molecule has 0 fully saturated rings. The van der Waals surface area contributed by atoms with Crippen molar-refractivity contribution in [3.8, 4) is 0 Å². The van der Waals surface area contributed by atoms with Crippen molar-refractivity contribution < 1.29 is 40.6 Å². The van der Waals surface area contributed by atoms with Crippen molar-refractivity contribution in [2.24, 2.45) is 5.41 Å². The fourth-order valence-corrected chi connectivity index (χ4v) is 9.70. The minimum atomic E-state index is -4.57. The van der Waals surface area contributed by atoms with Crippen molar-refractivity contribution in [3.05, 3.63) is 148 Å². The lowest BCUT2D eigenvalue weighted by molar-refractivity contribution is -0.137. The van der Waals surface area contributed by atoms with Crippen molar-refractivity contribution in [1.29, 1.82) is 0 Å². The largest absolute Gasteiger partial charge is 0.481 e. The van der Waals surface area contributed by atoms with Crippen molar-refractivity contribution >= 4 is 37.5 Å². The number of anilines is 1. The zero-order valence-electron chi connectivity index (χ0n) is 35.4. The van der Waals surface area contributed by atoms with Crippen LogP contribution in [0.25, 0.3) is 5.57 Å². The van der Waals surface area contributed by atoms with Crippen molar-refractivity contribution in [1.82, 2.24) is 4.90 Å². The number of aliphatic carboxylic acids is 1. The third-order valence-electron chi connectivity index (χ3n) is 11.6. The molecule has 0 bridgehead atoms. The van der Waals surface area contributed by atoms with Gasteiger partial charge in [-0.15, -0.1) is 0 Å². The summed E-state index contributed by atoms with van der Waals surface area (Å²) in [6.45, 7) is 15.9. The quantitative estimate of drug-likeness (QED) is 0.123. The van der Waals surface area contributed by atoms with E-state index in [1.807, 2.05) is 42.2 Å². The highest BCUT2D eigenvalue weighted by molar-refractivity contribution is 7.86. The Kier molecular flexibility index (Phi) is 12.5. The van der Waals surface area contributed by atoms with Gasteiger partial charge in [-0.1, -0.05) is 81.5 Å². The third kappa shape index (κ3) is 9.49. The molecule has 1 unspecified atom stereocenters. The minimum Gasteiger partial charge on any atom is -0.481 e. The van der Waals surface area contributed by atoms with Crippen LogP contribution < -0.4 is 4.90 Å². The number of fused-ring (bicyclic) bond motifs is 2. The van der Waals surface area contributed by atoms with Gasteiger partial charge in [0.05, 0.1) is 16.2 Å². The number of likely N-dealkylation sites (N-methyl/N-ethyl adjacent to an activating group) is 1. The highest BCUT2D eigenvalue weighted by Crippen LogP contribution is 2.52. The summed E-state index contributed by atoms with van der Waals surface area (Å²) in [7, 11) is -8.82. The van der Waals surface area contributed by atoms with Gasteiger partial charge < -0.3 is 19.6 Å². The first-order valence-corrected chi connectivity index (χ1v) is 23.3. The summed E-state index contributed by atoms with van der Waals surface area (Å²) in [5.74, 6) is 0.207. The number of carboxylic acids is 1. The van der Waals surface area contributed by atoms with Gasteiger partial charge in [0, 0.05) is 65.5 Å². The first kappa shape index (κ1) is 44.6. The minimum absolute atomic E-state index is 0.0641. The number of nitrogens with zero attached hydrogens (tertiary/aromatic N) is 2. The first-order valence-electron chi connectivity index (χ1n) is 20.3. The number of rotatable bonds is 14. The first-order chi connectivity index (χ1) is 28.0. The molecule has 60 heavy (non-hydrogen) atoms. The van der Waals surface area contributed by atoms with Crippen LogP contribution in [0.3, 0.4) is 0 Å². The number of allylic oxidation sites excluding steroid dienone is 13. The molecule has 11 nitrogen and oxygen atoms in total. The SMILES string of the molecule is CCN1C2=C(CC3=C(C=CC=CC=C4N(CCCS(=O)(=O)O)c5ccc(S(=O)(=O)O)cc5C4(C)CCCC(=O)O)C=C(C(C)(C)C)OC3=C2)C(c2ccccc2)=CC1(C)C. The van der Waals surface area contributed by atoms with Gasteiger partial charge in [0.15, 0.2) is 0 Å². The second-order valence-corrected chi connectivity index (χ2v) is 20.5. The monoisotopic (exact) mass is 856 g/mol. The highest BCUT2D eigenvalue weighted by atomic mass is 32.2. The fraction of sp³-hybridized carbons (Fsp3) is 0.383. The van der Waals surface area contributed by atoms with Gasteiger partial charge in [-0.25, -0.2) is 0 Å². The van der Waals surface area contributed by atoms with Gasteiger partial charge in [-0.2, -0.15) is 16.8 Å². The highest BCUT2D eigenvalue weighted by Gasteiger charge is 2.44. The van der Waals surface area contributed by atoms with Crippen LogP contribution in [0.4, 0.5) is 5.69 Å². The molecule has 3 aliphatic heterocycles. The van der Waals surface area contributed by atoms with Gasteiger partial charge in [0.25, 0.3) is 20.2 Å². The maximum absolute atomic E-state index is 12.2. The van der Waals surface area contributed by atoms with Crippen LogP contribution >= 0.6 is 0 Å². The summed E-state index contributed by atoms with van der Waals surface area (Å²) in [5.41, 5.74) is 7.27. The number of benzene rings is 2. The number of carboxylic acid groups (broad SMARTS) is 1. The van der Waals surface area contributed by atoms with E-state index in [1.54, 1.807) is 6.07 Å². The second kappa shape index (κ2) is 16.8. The molecule has 0 saturated heterocycles. The molecule has 6 rings (SSSR count). The Morgan fingerprint density at radius 2 is 1.65 bits per heavy atom. The lowest BCUT2D eigenvalue weighted by atomic mass is 9.77. The second-order valence-electron chi connectivity index (χ2n) is 17.5. The lowest BCUT2D eigenvalue weighted by Crippen LogP contribution is -2.44. The van der Waals surface area contributed by atoms with E-state index in [1.165, 1.54) is 23.3 Å². The lowest BCUT2D eigenvalue weighted by Gasteiger charge is -2.46. The Labute approximate surface area is 355 Å². The third-order valence-corrected chi connectivity index (χ3v) is 13.3. The molecule has 2 aromatic carbocycles. The molecule has 0 amide bonds. The van der Waals surface area contributed by atoms with E-state index < -0.39 is 37.4 Å². The molecule has 0 saturated carbocycles. The van der Waals surface area contributed by atoms with Crippen LogP contribution in [0.5, 0.6) is 0 Å². The number of hydrogen-bond acceptors (Lipinski definition) is 8. The molecule has 3 N–H and O–H groups in total. The molecule has 2 aromatic rings. The smallest absolute Gasteiger partial charge is 0.303 e. The van der Waals surface area contributed by atoms with Gasteiger partial charge in [-0.05, 0) is 105 Å². The van der Waals surface area contributed by atoms with Gasteiger partial charge in [-0.3, -0.25) is 13.9 Å². The van der Waals surface area contributed by atoms with E-state index in [-0.39, 0.29) is 41.7 Å². The summed E-state index contributed by atoms with van der Waals surface area (Å²) >= 11 is 0. The Morgan fingerprint density at radius 3 is 2.28 bits per heavy atom. The number of hydrogen-bond donors (Lipinski definition) is 3. The summed E-state index contributed by atoms with van der Waals surface area (Å²) in [4.78, 5) is 15.6. The van der Waals surface area contributed by atoms with Gasteiger partial charge in [0.1, 0.15) is 11.5 Å². The number of ether oxygens (including phenoxy) is 1. The van der Waals surface area contributed by atoms with E-state index in [0.29, 0.717) is 29.8 Å². The number of carbonyl (C=O) groups is 1. The average Bonchev–Trinajstić information content (AvgIpc) is 3.38. The van der Waals surface area contributed by atoms with Crippen LogP contribution in [0.1, 0.15) is 91.7 Å². The molecule has 1 aliphatic carbocycles. The van der Waals surface area contributed by atoms with Crippen LogP contribution in [-0.2, 0) is 35.2 Å². The molecular weight excluding hydrogens is 801 g/mol.